The highest BCUT2D eigenvalue weighted by atomic mass is 19.1. The van der Waals surface area contributed by atoms with Crippen molar-refractivity contribution in [1.29, 1.82) is 10.5 Å². The van der Waals surface area contributed by atoms with Crippen molar-refractivity contribution in [3.05, 3.63) is 22.8 Å². The van der Waals surface area contributed by atoms with E-state index in [-0.39, 0.29) is 11.4 Å². The smallest absolute Gasteiger partial charge is 0.167 e. The van der Waals surface area contributed by atoms with Crippen molar-refractivity contribution in [1.82, 2.24) is 0 Å². The molecular formula is C10H8F2N4. The van der Waals surface area contributed by atoms with E-state index in [2.05, 4.69) is 10.6 Å². The highest BCUT2D eigenvalue weighted by Gasteiger charge is 2.23. The summed E-state index contributed by atoms with van der Waals surface area (Å²) in [6.07, 6.45) is 0. The minimum absolute atomic E-state index is 0.171. The lowest BCUT2D eigenvalue weighted by Gasteiger charge is -2.13. The number of nitrogens with one attached hydrogen (secondary N) is 2. The second-order valence-electron chi connectivity index (χ2n) is 2.85. The van der Waals surface area contributed by atoms with E-state index in [1.54, 1.807) is 0 Å². The highest BCUT2D eigenvalue weighted by Crippen LogP contribution is 2.33. The van der Waals surface area contributed by atoms with Gasteiger partial charge in [0.25, 0.3) is 0 Å². The molecule has 16 heavy (non-hydrogen) atoms. The average Bonchev–Trinajstić information content (AvgIpc) is 2.30. The Morgan fingerprint density at radius 1 is 0.875 bits per heavy atom. The van der Waals surface area contributed by atoms with E-state index in [9.17, 15) is 8.78 Å². The minimum Gasteiger partial charge on any atom is -0.384 e. The predicted octanol–water partition coefficient (Wildman–Crippen LogP) is 1.79. The van der Waals surface area contributed by atoms with Crippen molar-refractivity contribution < 1.29 is 8.78 Å². The number of anilines is 2. The molecule has 6 heteroatoms. The largest absolute Gasteiger partial charge is 0.384 e. The molecule has 0 amide bonds. The van der Waals surface area contributed by atoms with Crippen LogP contribution in [0.1, 0.15) is 11.1 Å². The normalized spacial score (nSPS) is 9.12. The first-order valence-electron chi connectivity index (χ1n) is 4.33. The molecule has 0 aliphatic rings. The molecular weight excluding hydrogens is 214 g/mol. The molecule has 0 saturated carbocycles. The van der Waals surface area contributed by atoms with Crippen molar-refractivity contribution in [2.75, 3.05) is 24.7 Å². The summed E-state index contributed by atoms with van der Waals surface area (Å²) in [5.41, 5.74) is -1.53. The topological polar surface area (TPSA) is 71.6 Å². The molecule has 0 radical (unpaired) electrons. The van der Waals surface area contributed by atoms with E-state index in [0.717, 1.165) is 0 Å². The molecule has 0 aromatic heterocycles. The molecule has 0 atom stereocenters. The molecule has 0 heterocycles. The van der Waals surface area contributed by atoms with Gasteiger partial charge in [-0.1, -0.05) is 0 Å². The Kier molecular flexibility index (Phi) is 3.27. The maximum absolute atomic E-state index is 13.7. The Morgan fingerprint density at radius 2 is 1.19 bits per heavy atom. The molecule has 1 aromatic carbocycles. The van der Waals surface area contributed by atoms with Crippen molar-refractivity contribution in [2.45, 2.75) is 0 Å². The van der Waals surface area contributed by atoms with E-state index in [1.807, 2.05) is 0 Å². The van der Waals surface area contributed by atoms with Gasteiger partial charge in [0.1, 0.15) is 23.3 Å². The van der Waals surface area contributed by atoms with Crippen LogP contribution in [-0.2, 0) is 0 Å². The summed E-state index contributed by atoms with van der Waals surface area (Å²) in [5, 5.41) is 22.3. The van der Waals surface area contributed by atoms with Crippen LogP contribution in [0.4, 0.5) is 20.2 Å². The number of benzene rings is 1. The standard InChI is InChI=1S/C10H8F2N4/c1-15-9-7(11)5(3-13)6(4-14)8(12)10(9)16-2/h15-16H,1-2H3. The van der Waals surface area contributed by atoms with Gasteiger partial charge in [-0.2, -0.15) is 10.5 Å². The Balaban J connectivity index is 3.78. The quantitative estimate of drug-likeness (QED) is 0.800. The van der Waals surface area contributed by atoms with Gasteiger partial charge in [0.2, 0.25) is 0 Å². The first kappa shape index (κ1) is 11.7. The van der Waals surface area contributed by atoms with E-state index in [1.165, 1.54) is 26.2 Å². The van der Waals surface area contributed by atoms with Crippen molar-refractivity contribution in [2.24, 2.45) is 0 Å². The Hall–Kier alpha value is -2.34. The summed E-state index contributed by atoms with van der Waals surface area (Å²) < 4.78 is 27.4. The van der Waals surface area contributed by atoms with Crippen LogP contribution in [0.2, 0.25) is 0 Å². The molecule has 0 bridgehead atoms. The van der Waals surface area contributed by atoms with Crippen LogP contribution >= 0.6 is 0 Å². The third kappa shape index (κ3) is 1.51. The van der Waals surface area contributed by atoms with Crippen LogP contribution in [0.25, 0.3) is 0 Å². The van der Waals surface area contributed by atoms with E-state index < -0.39 is 22.8 Å². The molecule has 4 nitrogen and oxygen atoms in total. The van der Waals surface area contributed by atoms with Crippen molar-refractivity contribution >= 4 is 11.4 Å². The van der Waals surface area contributed by atoms with Gasteiger partial charge in [-0.25, -0.2) is 8.78 Å². The average molecular weight is 222 g/mol. The number of hydrogen-bond donors (Lipinski definition) is 2. The first-order valence-corrected chi connectivity index (χ1v) is 4.33. The molecule has 0 unspecified atom stereocenters. The lowest BCUT2D eigenvalue weighted by atomic mass is 10.0. The van der Waals surface area contributed by atoms with E-state index in [0.29, 0.717) is 0 Å². The third-order valence-electron chi connectivity index (χ3n) is 2.10. The minimum atomic E-state index is -0.938. The Labute approximate surface area is 91.1 Å². The lowest BCUT2D eigenvalue weighted by Crippen LogP contribution is -2.07. The molecule has 82 valence electrons. The number of nitriles is 2. The van der Waals surface area contributed by atoms with Gasteiger partial charge in [0.15, 0.2) is 11.6 Å². The van der Waals surface area contributed by atoms with Crippen LogP contribution in [0.3, 0.4) is 0 Å². The first-order chi connectivity index (χ1) is 7.62. The number of hydrogen-bond acceptors (Lipinski definition) is 4. The maximum atomic E-state index is 13.7. The summed E-state index contributed by atoms with van der Waals surface area (Å²) in [6.45, 7) is 0. The van der Waals surface area contributed by atoms with Gasteiger partial charge in [0.05, 0.1) is 11.4 Å². The number of rotatable bonds is 2. The monoisotopic (exact) mass is 222 g/mol. The molecule has 0 aliphatic heterocycles. The summed E-state index contributed by atoms with van der Waals surface area (Å²) >= 11 is 0. The predicted molar refractivity (Wildman–Crippen MR) is 54.9 cm³/mol. The van der Waals surface area contributed by atoms with Crippen LogP contribution < -0.4 is 10.6 Å². The fourth-order valence-corrected chi connectivity index (χ4v) is 1.37. The molecule has 0 spiro atoms. The maximum Gasteiger partial charge on any atom is 0.167 e. The highest BCUT2D eigenvalue weighted by molar-refractivity contribution is 5.75. The summed E-state index contributed by atoms with van der Waals surface area (Å²) in [7, 11) is 2.79. The number of halogens is 2. The van der Waals surface area contributed by atoms with Gasteiger partial charge >= 0.3 is 0 Å². The van der Waals surface area contributed by atoms with Gasteiger partial charge in [-0.3, -0.25) is 0 Å². The van der Waals surface area contributed by atoms with Crippen LogP contribution in [0, 0.1) is 34.3 Å². The molecule has 0 aliphatic carbocycles. The zero-order valence-corrected chi connectivity index (χ0v) is 8.65. The Morgan fingerprint density at radius 3 is 1.38 bits per heavy atom. The van der Waals surface area contributed by atoms with Gasteiger partial charge in [-0.05, 0) is 0 Å². The zero-order chi connectivity index (χ0) is 12.3. The third-order valence-corrected chi connectivity index (χ3v) is 2.10. The van der Waals surface area contributed by atoms with Gasteiger partial charge in [-0.15, -0.1) is 0 Å². The van der Waals surface area contributed by atoms with Crippen LogP contribution in [0.5, 0.6) is 0 Å². The summed E-state index contributed by atoms with van der Waals surface area (Å²) in [5.74, 6) is -1.88. The zero-order valence-electron chi connectivity index (χ0n) is 8.65. The second kappa shape index (κ2) is 4.45. The Bertz CT molecular complexity index is 457. The van der Waals surface area contributed by atoms with Gasteiger partial charge in [0, 0.05) is 14.1 Å². The van der Waals surface area contributed by atoms with Crippen molar-refractivity contribution in [3.63, 3.8) is 0 Å². The fraction of sp³-hybridized carbons (Fsp3) is 0.200. The van der Waals surface area contributed by atoms with Crippen LogP contribution in [-0.4, -0.2) is 14.1 Å². The molecule has 0 saturated heterocycles. The lowest BCUT2D eigenvalue weighted by molar-refractivity contribution is 0.600. The molecule has 1 aromatic rings. The SMILES string of the molecule is CNc1c(F)c(C#N)c(C#N)c(F)c1NC. The summed E-state index contributed by atoms with van der Waals surface area (Å²) in [6, 6.07) is 2.95. The number of nitrogens with zero attached hydrogens (tertiary/aromatic N) is 2. The fourth-order valence-electron chi connectivity index (χ4n) is 1.37. The molecule has 1 rings (SSSR count). The van der Waals surface area contributed by atoms with E-state index in [4.69, 9.17) is 10.5 Å². The van der Waals surface area contributed by atoms with Crippen molar-refractivity contribution in [3.8, 4) is 12.1 Å². The molecule has 0 fully saturated rings. The van der Waals surface area contributed by atoms with Gasteiger partial charge < -0.3 is 10.6 Å². The molecule has 2 N–H and O–H groups in total. The van der Waals surface area contributed by atoms with Crippen LogP contribution in [0.15, 0.2) is 0 Å². The second-order valence-corrected chi connectivity index (χ2v) is 2.85. The summed E-state index contributed by atoms with van der Waals surface area (Å²) in [4.78, 5) is 0. The van der Waals surface area contributed by atoms with E-state index >= 15 is 0 Å².